The number of allylic oxidation sites excluding steroid dienone is 1. The Kier molecular flexibility index (Phi) is 7.96. The van der Waals surface area contributed by atoms with Crippen molar-refractivity contribution in [2.45, 2.75) is 19.9 Å². The minimum Gasteiger partial charge on any atom is -0.493 e. The van der Waals surface area contributed by atoms with Gasteiger partial charge in [0.25, 0.3) is 5.56 Å². The van der Waals surface area contributed by atoms with Crippen LogP contribution < -0.4 is 29.1 Å². The standard InChI is InChI=1S/C27H26N2O8S/c1-5-36-26(33)23-15(2)28-27-29(24(23)17-8-11-19(34-3)20(13-17)35-4)25(32)21(38-27)12-16-6-9-18(10-7-16)37-14-22(30)31/h6-13,24H,5,14H2,1-4H3,(H,30,31). The molecule has 4 rings (SSSR count). The number of carboxylic acids is 1. The third-order valence-electron chi connectivity index (χ3n) is 5.78. The van der Waals surface area contributed by atoms with Crippen molar-refractivity contribution < 1.29 is 33.6 Å². The SMILES string of the molecule is CCOC(=O)C1=C(C)N=c2sc(=Cc3ccc(OCC(=O)O)cc3)c(=O)n2C1c1ccc(OC)c(OC)c1. The van der Waals surface area contributed by atoms with Crippen LogP contribution in [0.1, 0.15) is 31.0 Å². The average molecular weight is 539 g/mol. The number of hydrogen-bond donors (Lipinski definition) is 1. The maximum Gasteiger partial charge on any atom is 0.341 e. The summed E-state index contributed by atoms with van der Waals surface area (Å²) in [7, 11) is 3.04. The lowest BCUT2D eigenvalue weighted by Crippen LogP contribution is -2.39. The summed E-state index contributed by atoms with van der Waals surface area (Å²) in [5.74, 6) is -0.265. The van der Waals surface area contributed by atoms with Crippen molar-refractivity contribution in [3.63, 3.8) is 0 Å². The van der Waals surface area contributed by atoms with Crippen molar-refractivity contribution in [3.8, 4) is 17.2 Å². The van der Waals surface area contributed by atoms with Crippen LogP contribution in [0.25, 0.3) is 6.08 Å². The van der Waals surface area contributed by atoms with Crippen LogP contribution in [0.4, 0.5) is 0 Å². The molecule has 0 amide bonds. The molecule has 198 valence electrons. The van der Waals surface area contributed by atoms with Crippen molar-refractivity contribution in [1.29, 1.82) is 0 Å². The molecule has 2 aromatic carbocycles. The van der Waals surface area contributed by atoms with Gasteiger partial charge in [-0.05, 0) is 55.3 Å². The Bertz CT molecular complexity index is 1580. The van der Waals surface area contributed by atoms with Gasteiger partial charge in [0, 0.05) is 0 Å². The number of fused-ring (bicyclic) bond motifs is 1. The van der Waals surface area contributed by atoms with Crippen molar-refractivity contribution >= 4 is 29.4 Å². The number of carbonyl (C=O) groups excluding carboxylic acids is 1. The molecule has 1 unspecified atom stereocenters. The molecule has 0 bridgehead atoms. The molecule has 0 aliphatic carbocycles. The van der Waals surface area contributed by atoms with Crippen LogP contribution >= 0.6 is 11.3 Å². The number of aromatic nitrogens is 1. The molecule has 1 aromatic heterocycles. The molecular weight excluding hydrogens is 512 g/mol. The van der Waals surface area contributed by atoms with E-state index in [1.54, 1.807) is 62.4 Å². The molecule has 38 heavy (non-hydrogen) atoms. The molecule has 0 saturated carbocycles. The summed E-state index contributed by atoms with van der Waals surface area (Å²) in [5.41, 5.74) is 1.73. The van der Waals surface area contributed by atoms with Crippen LogP contribution in [0, 0.1) is 0 Å². The first-order valence-corrected chi connectivity index (χ1v) is 12.4. The van der Waals surface area contributed by atoms with Gasteiger partial charge in [0.1, 0.15) is 5.75 Å². The van der Waals surface area contributed by atoms with E-state index in [-0.39, 0.29) is 17.7 Å². The van der Waals surface area contributed by atoms with E-state index in [9.17, 15) is 14.4 Å². The van der Waals surface area contributed by atoms with E-state index in [2.05, 4.69) is 4.99 Å². The number of nitrogens with zero attached hydrogens (tertiary/aromatic N) is 2. The Morgan fingerprint density at radius 1 is 1.11 bits per heavy atom. The molecule has 0 radical (unpaired) electrons. The van der Waals surface area contributed by atoms with Gasteiger partial charge in [0.2, 0.25) is 0 Å². The fourth-order valence-electron chi connectivity index (χ4n) is 4.09. The van der Waals surface area contributed by atoms with Crippen molar-refractivity contribution in [3.05, 3.63) is 84.5 Å². The van der Waals surface area contributed by atoms with E-state index in [0.29, 0.717) is 43.4 Å². The van der Waals surface area contributed by atoms with Crippen LogP contribution in [-0.4, -0.2) is 49.0 Å². The number of aliphatic carboxylic acids is 1. The van der Waals surface area contributed by atoms with Crippen molar-refractivity contribution in [2.75, 3.05) is 27.4 Å². The van der Waals surface area contributed by atoms with Crippen LogP contribution in [0.15, 0.2) is 63.5 Å². The predicted octanol–water partition coefficient (Wildman–Crippen LogP) is 2.28. The summed E-state index contributed by atoms with van der Waals surface area (Å²) < 4.78 is 23.2. The lowest BCUT2D eigenvalue weighted by atomic mass is 9.95. The van der Waals surface area contributed by atoms with Crippen LogP contribution in [0.5, 0.6) is 17.2 Å². The Hall–Kier alpha value is -4.38. The monoisotopic (exact) mass is 538 g/mol. The maximum absolute atomic E-state index is 13.7. The first kappa shape index (κ1) is 26.7. The fourth-order valence-corrected chi connectivity index (χ4v) is 5.13. The Morgan fingerprint density at radius 3 is 2.45 bits per heavy atom. The van der Waals surface area contributed by atoms with E-state index in [1.807, 2.05) is 0 Å². The zero-order valence-corrected chi connectivity index (χ0v) is 22.0. The van der Waals surface area contributed by atoms with Gasteiger partial charge in [-0.3, -0.25) is 9.36 Å². The third-order valence-corrected chi connectivity index (χ3v) is 6.76. The second-order valence-corrected chi connectivity index (χ2v) is 9.18. The Labute approximate surface area is 221 Å². The minimum atomic E-state index is -1.07. The summed E-state index contributed by atoms with van der Waals surface area (Å²) in [6.07, 6.45) is 1.71. The number of hydrogen-bond acceptors (Lipinski definition) is 9. The smallest absolute Gasteiger partial charge is 0.341 e. The number of thiazole rings is 1. The number of esters is 1. The predicted molar refractivity (Wildman–Crippen MR) is 140 cm³/mol. The van der Waals surface area contributed by atoms with Gasteiger partial charge in [0.15, 0.2) is 22.9 Å². The van der Waals surface area contributed by atoms with Gasteiger partial charge in [-0.1, -0.05) is 29.5 Å². The Balaban J connectivity index is 1.85. The van der Waals surface area contributed by atoms with Gasteiger partial charge in [0.05, 0.1) is 42.7 Å². The van der Waals surface area contributed by atoms with E-state index in [0.717, 1.165) is 0 Å². The summed E-state index contributed by atoms with van der Waals surface area (Å²) in [6, 6.07) is 11.1. The molecule has 1 aliphatic rings. The van der Waals surface area contributed by atoms with Crippen LogP contribution in [0.2, 0.25) is 0 Å². The van der Waals surface area contributed by atoms with E-state index >= 15 is 0 Å². The van der Waals surface area contributed by atoms with Gasteiger partial charge in [-0.15, -0.1) is 0 Å². The molecule has 10 nitrogen and oxygen atoms in total. The van der Waals surface area contributed by atoms with E-state index < -0.39 is 24.6 Å². The minimum absolute atomic E-state index is 0.171. The quantitative estimate of drug-likeness (QED) is 0.412. The zero-order chi connectivity index (χ0) is 27.4. The van der Waals surface area contributed by atoms with Gasteiger partial charge >= 0.3 is 11.9 Å². The summed E-state index contributed by atoms with van der Waals surface area (Å²) in [6.45, 7) is 3.15. The number of rotatable bonds is 9. The highest BCUT2D eigenvalue weighted by atomic mass is 32.1. The number of benzene rings is 2. The summed E-state index contributed by atoms with van der Waals surface area (Å²) >= 11 is 1.20. The molecule has 1 N–H and O–H groups in total. The van der Waals surface area contributed by atoms with Gasteiger partial charge < -0.3 is 24.1 Å². The van der Waals surface area contributed by atoms with Gasteiger partial charge in [-0.25, -0.2) is 14.6 Å². The number of carboxylic acid groups (broad SMARTS) is 1. The lowest BCUT2D eigenvalue weighted by Gasteiger charge is -2.25. The second kappa shape index (κ2) is 11.3. The second-order valence-electron chi connectivity index (χ2n) is 8.17. The third kappa shape index (κ3) is 5.32. The highest BCUT2D eigenvalue weighted by molar-refractivity contribution is 7.07. The largest absolute Gasteiger partial charge is 0.493 e. The zero-order valence-electron chi connectivity index (χ0n) is 21.2. The molecule has 0 saturated heterocycles. The lowest BCUT2D eigenvalue weighted by molar-refractivity contribution is -0.140. The molecule has 2 heterocycles. The van der Waals surface area contributed by atoms with Crippen LogP contribution in [0.3, 0.4) is 0 Å². The normalized spacial score (nSPS) is 14.9. The molecule has 3 aromatic rings. The number of methoxy groups -OCH3 is 2. The first-order chi connectivity index (χ1) is 18.3. The number of carbonyl (C=O) groups is 2. The molecule has 0 fully saturated rings. The van der Waals surface area contributed by atoms with Gasteiger partial charge in [-0.2, -0.15) is 0 Å². The molecule has 1 aliphatic heterocycles. The molecule has 1 atom stereocenters. The van der Waals surface area contributed by atoms with E-state index in [4.69, 9.17) is 24.1 Å². The maximum atomic E-state index is 13.7. The van der Waals surface area contributed by atoms with E-state index in [1.165, 1.54) is 30.1 Å². The first-order valence-electron chi connectivity index (χ1n) is 11.6. The fraction of sp³-hybridized carbons (Fsp3) is 0.259. The Morgan fingerprint density at radius 2 is 1.82 bits per heavy atom. The highest BCUT2D eigenvalue weighted by Crippen LogP contribution is 2.36. The number of ether oxygens (including phenoxy) is 4. The highest BCUT2D eigenvalue weighted by Gasteiger charge is 2.33. The summed E-state index contributed by atoms with van der Waals surface area (Å²) in [5, 5.41) is 8.77. The molecule has 11 heteroatoms. The van der Waals surface area contributed by atoms with Crippen LogP contribution in [-0.2, 0) is 14.3 Å². The molecular formula is C27H26N2O8S. The summed E-state index contributed by atoms with van der Waals surface area (Å²) in [4.78, 5) is 42.5. The topological polar surface area (TPSA) is 126 Å². The molecule has 0 spiro atoms. The van der Waals surface area contributed by atoms with Crippen molar-refractivity contribution in [2.24, 2.45) is 4.99 Å². The average Bonchev–Trinajstić information content (AvgIpc) is 3.21. The van der Waals surface area contributed by atoms with Crippen molar-refractivity contribution in [1.82, 2.24) is 4.57 Å².